The number of hydrogen-bond acceptors (Lipinski definition) is 8. The number of hydrogen-bond donors (Lipinski definition) is 4. The number of fused-ring (bicyclic) bond motifs is 1. The number of aliphatic hydroxyl groups is 1. The number of amides is 1. The van der Waals surface area contributed by atoms with E-state index in [1.165, 1.54) is 16.9 Å². The van der Waals surface area contributed by atoms with Crippen LogP contribution < -0.4 is 16.4 Å². The molecule has 0 unspecified atom stereocenters. The molecule has 1 amide bonds. The predicted octanol–water partition coefficient (Wildman–Crippen LogP) is 4.16. The minimum Gasteiger partial charge on any atom is -0.393 e. The number of benzene rings is 2. The van der Waals surface area contributed by atoms with Crippen LogP contribution in [0, 0.1) is 0 Å². The van der Waals surface area contributed by atoms with Gasteiger partial charge in [-0.1, -0.05) is 47.7 Å². The zero-order chi connectivity index (χ0) is 24.2. The van der Waals surface area contributed by atoms with Gasteiger partial charge in [-0.25, -0.2) is 9.97 Å². The maximum Gasteiger partial charge on any atom is 0.225 e. The molecule has 1 saturated carbocycles. The Hall–Kier alpha value is -3.56. The Bertz CT molecular complexity index is 1320. The molecule has 0 radical (unpaired) electrons. The lowest BCUT2D eigenvalue weighted by atomic mass is 9.93. The highest BCUT2D eigenvalue weighted by atomic mass is 32.1. The standard InChI is InChI=1S/C26H28N6O2S/c27-23(34)14-17-6-11-21-22(13-17)35-26(30-21)32-24-15-19(12-16-4-2-1-3-5-16)29-25(31-24)28-18-7-9-20(33)10-8-18/h1-6,11,13,15,18,20,33H,7-10,12,14H2,(H2,27,34)(H2,28,29,30,31,32)/t18-,20-. The second kappa shape index (κ2) is 10.4. The number of carbonyl (C=O) groups excluding carboxylic acids is 1. The fourth-order valence-corrected chi connectivity index (χ4v) is 5.30. The Morgan fingerprint density at radius 2 is 1.80 bits per heavy atom. The maximum atomic E-state index is 11.3. The highest BCUT2D eigenvalue weighted by Crippen LogP contribution is 2.30. The number of carbonyl (C=O) groups is 1. The lowest BCUT2D eigenvalue weighted by Gasteiger charge is -2.26. The smallest absolute Gasteiger partial charge is 0.225 e. The second-order valence-corrected chi connectivity index (χ2v) is 10.0. The van der Waals surface area contributed by atoms with E-state index >= 15 is 0 Å². The Balaban J connectivity index is 1.40. The Morgan fingerprint density at radius 1 is 1.00 bits per heavy atom. The number of primary amides is 1. The molecule has 5 N–H and O–H groups in total. The van der Waals surface area contributed by atoms with Crippen molar-refractivity contribution in [3.8, 4) is 0 Å². The van der Waals surface area contributed by atoms with Gasteiger partial charge in [0.1, 0.15) is 5.82 Å². The van der Waals surface area contributed by atoms with E-state index < -0.39 is 0 Å². The van der Waals surface area contributed by atoms with Crippen LogP contribution in [0.1, 0.15) is 42.5 Å². The van der Waals surface area contributed by atoms with Gasteiger partial charge in [-0.15, -0.1) is 0 Å². The highest BCUT2D eigenvalue weighted by Gasteiger charge is 2.20. The van der Waals surface area contributed by atoms with E-state index in [1.807, 2.05) is 42.5 Å². The molecule has 5 rings (SSSR count). The summed E-state index contributed by atoms with van der Waals surface area (Å²) >= 11 is 1.50. The van der Waals surface area contributed by atoms with Crippen LogP contribution in [-0.4, -0.2) is 38.1 Å². The van der Waals surface area contributed by atoms with E-state index in [0.29, 0.717) is 23.3 Å². The molecule has 0 bridgehead atoms. The van der Waals surface area contributed by atoms with Crippen molar-refractivity contribution in [1.82, 2.24) is 15.0 Å². The molecule has 0 aliphatic heterocycles. The van der Waals surface area contributed by atoms with Crippen molar-refractivity contribution in [2.45, 2.75) is 50.7 Å². The molecule has 9 heteroatoms. The van der Waals surface area contributed by atoms with Crippen LogP contribution >= 0.6 is 11.3 Å². The molecule has 4 aromatic rings. The second-order valence-electron chi connectivity index (χ2n) is 8.97. The molecule has 2 aromatic heterocycles. The average Bonchev–Trinajstić information content (AvgIpc) is 3.22. The summed E-state index contributed by atoms with van der Waals surface area (Å²) in [5, 5.41) is 17.4. The zero-order valence-electron chi connectivity index (χ0n) is 19.3. The summed E-state index contributed by atoms with van der Waals surface area (Å²) in [6.45, 7) is 0. The van der Waals surface area contributed by atoms with E-state index in [4.69, 9.17) is 15.7 Å². The highest BCUT2D eigenvalue weighted by molar-refractivity contribution is 7.22. The molecule has 35 heavy (non-hydrogen) atoms. The van der Waals surface area contributed by atoms with E-state index in [9.17, 15) is 9.90 Å². The molecule has 1 aliphatic rings. The molecular formula is C26H28N6O2S. The predicted molar refractivity (Wildman–Crippen MR) is 139 cm³/mol. The quantitative estimate of drug-likeness (QED) is 0.293. The van der Waals surface area contributed by atoms with Crippen molar-refractivity contribution < 1.29 is 9.90 Å². The first-order valence-electron chi connectivity index (χ1n) is 11.8. The number of aromatic nitrogens is 3. The molecule has 0 saturated heterocycles. The molecule has 1 fully saturated rings. The molecular weight excluding hydrogens is 460 g/mol. The van der Waals surface area contributed by atoms with E-state index in [0.717, 1.165) is 47.2 Å². The molecule has 1 aliphatic carbocycles. The van der Waals surface area contributed by atoms with Gasteiger partial charge in [-0.05, 0) is 48.9 Å². The van der Waals surface area contributed by atoms with Crippen LogP contribution in [0.2, 0.25) is 0 Å². The third-order valence-electron chi connectivity index (χ3n) is 6.10. The van der Waals surface area contributed by atoms with E-state index in [2.05, 4.69) is 27.8 Å². The Morgan fingerprint density at radius 3 is 2.57 bits per heavy atom. The van der Waals surface area contributed by atoms with Crippen LogP contribution in [0.25, 0.3) is 10.2 Å². The minimum absolute atomic E-state index is 0.207. The number of nitrogens with one attached hydrogen (secondary N) is 2. The summed E-state index contributed by atoms with van der Waals surface area (Å²) in [6, 6.07) is 18.1. The SMILES string of the molecule is NC(=O)Cc1ccc2nc(Nc3cc(Cc4ccccc4)nc(N[C@H]4CC[C@H](O)CC4)n3)sc2c1. The molecule has 8 nitrogen and oxygen atoms in total. The number of rotatable bonds is 8. The monoisotopic (exact) mass is 488 g/mol. The van der Waals surface area contributed by atoms with Crippen molar-refractivity contribution in [2.24, 2.45) is 5.73 Å². The third kappa shape index (κ3) is 6.12. The first kappa shape index (κ1) is 23.2. The lowest BCUT2D eigenvalue weighted by molar-refractivity contribution is -0.117. The fraction of sp³-hybridized carbons (Fsp3) is 0.308. The Kier molecular flexibility index (Phi) is 6.87. The number of nitrogens with two attached hydrogens (primary N) is 1. The summed E-state index contributed by atoms with van der Waals surface area (Å²) in [7, 11) is 0. The number of anilines is 3. The van der Waals surface area contributed by atoms with Gasteiger partial charge < -0.3 is 21.5 Å². The van der Waals surface area contributed by atoms with Gasteiger partial charge >= 0.3 is 0 Å². The van der Waals surface area contributed by atoms with E-state index in [1.54, 1.807) is 0 Å². The van der Waals surface area contributed by atoms with Gasteiger partial charge in [0.25, 0.3) is 0 Å². The van der Waals surface area contributed by atoms with E-state index in [-0.39, 0.29) is 24.5 Å². The summed E-state index contributed by atoms with van der Waals surface area (Å²) in [5.41, 5.74) is 9.13. The number of aliphatic hydroxyl groups excluding tert-OH is 1. The summed E-state index contributed by atoms with van der Waals surface area (Å²) in [5.74, 6) is 0.888. The van der Waals surface area contributed by atoms with Crippen LogP contribution in [0.5, 0.6) is 0 Å². The van der Waals surface area contributed by atoms with Crippen molar-refractivity contribution in [3.05, 3.63) is 71.4 Å². The fourth-order valence-electron chi connectivity index (χ4n) is 4.37. The summed E-state index contributed by atoms with van der Waals surface area (Å²) in [4.78, 5) is 25.4. The number of thiazole rings is 1. The summed E-state index contributed by atoms with van der Waals surface area (Å²) in [6.07, 6.45) is 4.04. The zero-order valence-corrected chi connectivity index (χ0v) is 20.1. The molecule has 180 valence electrons. The average molecular weight is 489 g/mol. The molecule has 2 heterocycles. The molecule has 0 atom stereocenters. The largest absolute Gasteiger partial charge is 0.393 e. The van der Waals surface area contributed by atoms with Gasteiger partial charge in [-0.3, -0.25) is 4.79 Å². The van der Waals surface area contributed by atoms with Crippen LogP contribution in [0.15, 0.2) is 54.6 Å². The first-order chi connectivity index (χ1) is 17.0. The van der Waals surface area contributed by atoms with Crippen molar-refractivity contribution in [2.75, 3.05) is 10.6 Å². The van der Waals surface area contributed by atoms with Crippen molar-refractivity contribution in [1.29, 1.82) is 0 Å². The normalized spacial score (nSPS) is 17.9. The topological polar surface area (TPSA) is 126 Å². The van der Waals surface area contributed by atoms with Gasteiger partial charge in [0.15, 0.2) is 5.13 Å². The Labute approximate surface area is 207 Å². The summed E-state index contributed by atoms with van der Waals surface area (Å²) < 4.78 is 0.976. The molecule has 2 aromatic carbocycles. The molecule has 0 spiro atoms. The number of nitrogens with zero attached hydrogens (tertiary/aromatic N) is 3. The van der Waals surface area contributed by atoms with Gasteiger partial charge in [0.05, 0.1) is 28.4 Å². The van der Waals surface area contributed by atoms with Gasteiger partial charge in [-0.2, -0.15) is 4.98 Å². The maximum absolute atomic E-state index is 11.3. The van der Waals surface area contributed by atoms with Crippen molar-refractivity contribution in [3.63, 3.8) is 0 Å². The first-order valence-corrected chi connectivity index (χ1v) is 12.6. The van der Waals surface area contributed by atoms with Crippen molar-refractivity contribution >= 4 is 44.4 Å². The van der Waals surface area contributed by atoms with Crippen LogP contribution in [0.3, 0.4) is 0 Å². The van der Waals surface area contributed by atoms with Gasteiger partial charge in [0.2, 0.25) is 11.9 Å². The van der Waals surface area contributed by atoms with Crippen LogP contribution in [-0.2, 0) is 17.6 Å². The van der Waals surface area contributed by atoms with Gasteiger partial charge in [0, 0.05) is 18.5 Å². The third-order valence-corrected chi connectivity index (χ3v) is 7.04. The lowest BCUT2D eigenvalue weighted by Crippen LogP contribution is -2.29. The minimum atomic E-state index is -0.355. The van der Waals surface area contributed by atoms with Crippen LogP contribution in [0.4, 0.5) is 16.9 Å².